The van der Waals surface area contributed by atoms with E-state index in [0.717, 1.165) is 25.0 Å². The number of rotatable bonds is 8. The molecule has 3 rings (SSSR count). The molecule has 0 radical (unpaired) electrons. The van der Waals surface area contributed by atoms with Gasteiger partial charge in [-0.3, -0.25) is 0 Å². The van der Waals surface area contributed by atoms with Crippen LogP contribution in [-0.2, 0) is 26.9 Å². The Morgan fingerprint density at radius 1 is 1.16 bits per heavy atom. The van der Waals surface area contributed by atoms with Gasteiger partial charge in [-0.25, -0.2) is 9.59 Å². The second kappa shape index (κ2) is 11.0. The van der Waals surface area contributed by atoms with E-state index in [1.54, 1.807) is 34.8 Å². The van der Waals surface area contributed by atoms with Crippen LogP contribution in [0.1, 0.15) is 72.5 Å². The average Bonchev–Trinajstić information content (AvgIpc) is 3.34. The number of nitrogen functional groups attached to an aromatic ring is 1. The predicted octanol–water partition coefficient (Wildman–Crippen LogP) is 4.88. The Kier molecular flexibility index (Phi) is 8.46. The minimum Gasteiger partial charge on any atom is -0.461 e. The summed E-state index contributed by atoms with van der Waals surface area (Å²) in [5.41, 5.74) is 4.75. The van der Waals surface area contributed by atoms with Crippen LogP contribution in [0.15, 0.2) is 24.3 Å². The van der Waals surface area contributed by atoms with Crippen molar-refractivity contribution >= 4 is 23.4 Å². The number of hydrogen-bond acceptors (Lipinski definition) is 7. The first-order chi connectivity index (χ1) is 17.3. The van der Waals surface area contributed by atoms with E-state index in [9.17, 15) is 22.8 Å². The molecule has 1 aromatic carbocycles. The van der Waals surface area contributed by atoms with E-state index in [0.29, 0.717) is 19.0 Å². The topological polar surface area (TPSA) is 96.0 Å². The molecule has 204 valence electrons. The van der Waals surface area contributed by atoms with Crippen molar-refractivity contribution in [1.29, 1.82) is 0 Å². The van der Waals surface area contributed by atoms with E-state index in [1.165, 1.54) is 16.7 Å². The number of carbonyl (C=O) groups is 2. The monoisotopic (exact) mass is 525 g/mol. The van der Waals surface area contributed by atoms with Crippen LogP contribution in [0.3, 0.4) is 0 Å². The Balaban J connectivity index is 2.28. The molecule has 1 atom stereocenters. The molecule has 1 aliphatic heterocycles. The maximum Gasteiger partial charge on any atom is 0.416 e. The molecule has 37 heavy (non-hydrogen) atoms. The van der Waals surface area contributed by atoms with Gasteiger partial charge in [0.2, 0.25) is 0 Å². The van der Waals surface area contributed by atoms with Gasteiger partial charge in [-0.15, -0.1) is 0 Å². The van der Waals surface area contributed by atoms with Crippen molar-refractivity contribution in [3.63, 3.8) is 0 Å². The number of ether oxygens (including phenoxy) is 3. The Morgan fingerprint density at radius 2 is 1.86 bits per heavy atom. The molecule has 0 unspecified atom stereocenters. The summed E-state index contributed by atoms with van der Waals surface area (Å²) in [7, 11) is 1.56. The van der Waals surface area contributed by atoms with Crippen molar-refractivity contribution in [3.8, 4) is 0 Å². The molecular formula is C26H34F3N3O5. The lowest BCUT2D eigenvalue weighted by Crippen LogP contribution is -2.36. The summed E-state index contributed by atoms with van der Waals surface area (Å²) < 4.78 is 58.0. The molecule has 2 heterocycles. The third-order valence-corrected chi connectivity index (χ3v) is 5.95. The molecule has 0 aliphatic carbocycles. The van der Waals surface area contributed by atoms with Crippen molar-refractivity contribution in [2.75, 3.05) is 37.5 Å². The van der Waals surface area contributed by atoms with E-state index in [-0.39, 0.29) is 41.7 Å². The fourth-order valence-electron chi connectivity index (χ4n) is 4.54. The molecule has 8 nitrogen and oxygen atoms in total. The minimum absolute atomic E-state index is 0.0204. The molecule has 0 amide bonds. The second-order valence-corrected chi connectivity index (χ2v) is 9.91. The Hall–Kier alpha value is -3.21. The number of benzene rings is 1. The summed E-state index contributed by atoms with van der Waals surface area (Å²) in [6, 6.07) is 4.66. The molecule has 0 spiro atoms. The lowest BCUT2D eigenvalue weighted by Gasteiger charge is -2.29. The number of hydrogen-bond donors (Lipinski definition) is 1. The fraction of sp³-hybridized carbons (Fsp3) is 0.538. The maximum atomic E-state index is 13.4. The zero-order chi connectivity index (χ0) is 27.5. The number of carbonyl (C=O) groups excluding carboxylic acids is 2. The van der Waals surface area contributed by atoms with Crippen molar-refractivity contribution in [2.45, 2.75) is 64.9 Å². The van der Waals surface area contributed by atoms with Crippen molar-refractivity contribution in [2.24, 2.45) is 0 Å². The van der Waals surface area contributed by atoms with Gasteiger partial charge >= 0.3 is 18.1 Å². The zero-order valence-corrected chi connectivity index (χ0v) is 21.8. The molecule has 1 fully saturated rings. The Morgan fingerprint density at radius 3 is 2.46 bits per heavy atom. The molecule has 2 aromatic rings. The van der Waals surface area contributed by atoms with Gasteiger partial charge in [0.1, 0.15) is 17.0 Å². The number of nitrogens with two attached hydrogens (primary N) is 1. The lowest BCUT2D eigenvalue weighted by atomic mass is 10.1. The average molecular weight is 526 g/mol. The first-order valence-corrected chi connectivity index (χ1v) is 12.1. The molecule has 1 saturated heterocycles. The largest absolute Gasteiger partial charge is 0.461 e. The highest BCUT2D eigenvalue weighted by atomic mass is 19.4. The van der Waals surface area contributed by atoms with E-state index in [1.807, 2.05) is 4.90 Å². The van der Waals surface area contributed by atoms with Crippen LogP contribution < -0.4 is 10.6 Å². The van der Waals surface area contributed by atoms with Crippen molar-refractivity contribution in [3.05, 3.63) is 46.6 Å². The van der Waals surface area contributed by atoms with Crippen molar-refractivity contribution < 1.29 is 37.0 Å². The smallest absolute Gasteiger partial charge is 0.416 e. The SMILES string of the molecule is CCOC(=O)c1c(N)c(C(=O)OC(C)(C)C)c(N2CCC[C@H]2COC)n1Cc1cccc(C(F)(F)F)c1. The molecule has 0 saturated carbocycles. The van der Waals surface area contributed by atoms with Crippen LogP contribution in [0, 0.1) is 0 Å². The van der Waals surface area contributed by atoms with Gasteiger partial charge in [0, 0.05) is 20.2 Å². The van der Waals surface area contributed by atoms with E-state index in [2.05, 4.69) is 0 Å². The van der Waals surface area contributed by atoms with Crippen molar-refractivity contribution in [1.82, 2.24) is 4.57 Å². The molecule has 2 N–H and O–H groups in total. The summed E-state index contributed by atoms with van der Waals surface area (Å²) >= 11 is 0. The third kappa shape index (κ3) is 6.38. The molecule has 0 bridgehead atoms. The Labute approximate surface area is 214 Å². The first kappa shape index (κ1) is 28.4. The zero-order valence-electron chi connectivity index (χ0n) is 21.8. The van der Waals surface area contributed by atoms with Gasteiger partial charge in [-0.2, -0.15) is 13.2 Å². The van der Waals surface area contributed by atoms with Gasteiger partial charge < -0.3 is 29.4 Å². The van der Waals surface area contributed by atoms with Gasteiger partial charge in [0.15, 0.2) is 5.69 Å². The van der Waals surface area contributed by atoms with E-state index in [4.69, 9.17) is 19.9 Å². The number of halogens is 3. The third-order valence-electron chi connectivity index (χ3n) is 5.95. The normalized spacial score (nSPS) is 16.2. The van der Waals surface area contributed by atoms with Gasteiger partial charge in [-0.05, 0) is 58.2 Å². The summed E-state index contributed by atoms with van der Waals surface area (Å²) in [5, 5.41) is 0. The summed E-state index contributed by atoms with van der Waals surface area (Å²) in [4.78, 5) is 28.4. The predicted molar refractivity (Wildman–Crippen MR) is 133 cm³/mol. The van der Waals surface area contributed by atoms with Crippen LogP contribution >= 0.6 is 0 Å². The quantitative estimate of drug-likeness (QED) is 0.491. The van der Waals surface area contributed by atoms with Gasteiger partial charge in [-0.1, -0.05) is 12.1 Å². The molecule has 1 aliphatic rings. The highest BCUT2D eigenvalue weighted by Crippen LogP contribution is 2.39. The van der Waals surface area contributed by atoms with Gasteiger partial charge in [0.25, 0.3) is 0 Å². The molecule has 1 aromatic heterocycles. The second-order valence-electron chi connectivity index (χ2n) is 9.91. The van der Waals surface area contributed by atoms with Crippen LogP contribution in [0.25, 0.3) is 0 Å². The Bertz CT molecular complexity index is 1140. The van der Waals surface area contributed by atoms with Crippen LogP contribution in [-0.4, -0.2) is 55.0 Å². The number of aromatic nitrogens is 1. The summed E-state index contributed by atoms with van der Waals surface area (Å²) in [6.07, 6.45) is -3.01. The number of alkyl halides is 3. The maximum absolute atomic E-state index is 13.4. The highest BCUT2D eigenvalue weighted by Gasteiger charge is 2.39. The minimum atomic E-state index is -4.54. The molecule has 11 heteroatoms. The first-order valence-electron chi connectivity index (χ1n) is 12.1. The fourth-order valence-corrected chi connectivity index (χ4v) is 4.54. The van der Waals surface area contributed by atoms with Crippen LogP contribution in [0.2, 0.25) is 0 Å². The summed E-state index contributed by atoms with van der Waals surface area (Å²) in [6.45, 7) is 7.49. The lowest BCUT2D eigenvalue weighted by molar-refractivity contribution is -0.137. The van der Waals surface area contributed by atoms with Gasteiger partial charge in [0.05, 0.1) is 30.5 Å². The van der Waals surface area contributed by atoms with Crippen LogP contribution in [0.5, 0.6) is 0 Å². The standard InChI is InChI=1S/C26H34F3N3O5/c1-6-36-24(34)21-20(30)19(23(33)37-25(2,3)4)22(31-12-8-11-18(31)15-35-5)32(21)14-16-9-7-10-17(13-16)26(27,28)29/h7,9-10,13,18H,6,8,11-12,14-15,30H2,1-5H3/t18-/m0/s1. The highest BCUT2D eigenvalue weighted by molar-refractivity contribution is 6.08. The number of methoxy groups -OCH3 is 1. The number of nitrogens with zero attached hydrogens (tertiary/aromatic N) is 2. The molecular weight excluding hydrogens is 491 g/mol. The number of anilines is 2. The van der Waals surface area contributed by atoms with Crippen LogP contribution in [0.4, 0.5) is 24.7 Å². The number of esters is 2. The summed E-state index contributed by atoms with van der Waals surface area (Å²) in [5.74, 6) is -1.23. The van der Waals surface area contributed by atoms with E-state index >= 15 is 0 Å². The van der Waals surface area contributed by atoms with E-state index < -0.39 is 29.3 Å².